The van der Waals surface area contributed by atoms with E-state index in [0.717, 1.165) is 49.7 Å². The van der Waals surface area contributed by atoms with Crippen molar-refractivity contribution < 1.29 is 9.59 Å². The molecule has 1 saturated carbocycles. The number of aliphatic imine (C=N–C) groups is 1. The van der Waals surface area contributed by atoms with Gasteiger partial charge in [0.2, 0.25) is 6.41 Å². The number of nitrogens with two attached hydrogens (primary N) is 2. The van der Waals surface area contributed by atoms with Gasteiger partial charge in [-0.15, -0.1) is 0 Å². The van der Waals surface area contributed by atoms with Crippen molar-refractivity contribution in [1.82, 2.24) is 4.90 Å². The lowest BCUT2D eigenvalue weighted by molar-refractivity contribution is -0.134. The number of rotatable bonds is 7. The molecule has 0 saturated heterocycles. The highest BCUT2D eigenvalue weighted by atomic mass is 35.5. The van der Waals surface area contributed by atoms with E-state index < -0.39 is 5.66 Å². The van der Waals surface area contributed by atoms with Crippen LogP contribution in [0.4, 0.5) is 0 Å². The van der Waals surface area contributed by atoms with E-state index in [0.29, 0.717) is 33.7 Å². The van der Waals surface area contributed by atoms with Crippen molar-refractivity contribution in [3.05, 3.63) is 69.2 Å². The molecule has 4 rings (SSSR count). The van der Waals surface area contributed by atoms with E-state index >= 15 is 0 Å². The summed E-state index contributed by atoms with van der Waals surface area (Å²) in [4.78, 5) is 30.5. The zero-order valence-corrected chi connectivity index (χ0v) is 27.9. The van der Waals surface area contributed by atoms with Crippen molar-refractivity contribution in [2.75, 3.05) is 0 Å². The predicted molar refractivity (Wildman–Crippen MR) is 178 cm³/mol. The summed E-state index contributed by atoms with van der Waals surface area (Å²) >= 11 is 12.8. The first-order valence-electron chi connectivity index (χ1n) is 15.0. The van der Waals surface area contributed by atoms with E-state index in [-0.39, 0.29) is 35.0 Å². The Balaban J connectivity index is 0.00000162. The van der Waals surface area contributed by atoms with Gasteiger partial charge in [-0.2, -0.15) is 0 Å². The van der Waals surface area contributed by atoms with Crippen molar-refractivity contribution in [3.63, 3.8) is 0 Å². The number of halogens is 2. The van der Waals surface area contributed by atoms with Crippen LogP contribution in [0.3, 0.4) is 0 Å². The van der Waals surface area contributed by atoms with Crippen LogP contribution in [-0.4, -0.2) is 34.4 Å². The molecule has 1 spiro atoms. The Labute approximate surface area is 266 Å². The van der Waals surface area contributed by atoms with Gasteiger partial charge in [-0.25, -0.2) is 0 Å². The highest BCUT2D eigenvalue weighted by molar-refractivity contribution is 6.47. The van der Waals surface area contributed by atoms with Crippen LogP contribution < -0.4 is 11.5 Å². The predicted octanol–water partition coefficient (Wildman–Crippen LogP) is 7.70. The summed E-state index contributed by atoms with van der Waals surface area (Å²) in [5, 5.41) is 8.67. The molecule has 2 amide bonds. The molecule has 0 aromatic heterocycles. The Kier molecular flexibility index (Phi) is 11.1. The van der Waals surface area contributed by atoms with Gasteiger partial charge in [0, 0.05) is 22.0 Å². The average molecular weight is 629 g/mol. The fourth-order valence-electron chi connectivity index (χ4n) is 6.31. The summed E-state index contributed by atoms with van der Waals surface area (Å²) in [6.07, 6.45) is 6.13. The lowest BCUT2D eigenvalue weighted by atomic mass is 9.69. The Hall–Kier alpha value is -2.90. The summed E-state index contributed by atoms with van der Waals surface area (Å²) in [7, 11) is 0. The molecule has 2 aromatic carbocycles. The van der Waals surface area contributed by atoms with Gasteiger partial charge >= 0.3 is 0 Å². The zero-order valence-electron chi connectivity index (χ0n) is 26.3. The standard InChI is InChI=1S/C33H44Cl2N4O.CH3NO/c1-31(2,3)14-13-27(22-9-7-21(8-10-22)17-28(36)37)39-30(40)29(23-18-25(34)20-26(35)19-23)38-33(39)15-11-24(12-16-33)32(4,5)6;2-1-3/h7-10,18-20,24,27H,11-17H2,1-6H3,(H3,36,37);1H,(H2,2,3). The molecule has 2 aromatic rings. The maximum atomic E-state index is 14.5. The van der Waals surface area contributed by atoms with E-state index in [2.05, 4.69) is 64.3 Å². The zero-order chi connectivity index (χ0) is 32.2. The summed E-state index contributed by atoms with van der Waals surface area (Å²) in [6.45, 7) is 13.7. The van der Waals surface area contributed by atoms with Gasteiger partial charge in [-0.1, -0.05) is 89.0 Å². The maximum absolute atomic E-state index is 14.5. The number of primary amides is 1. The molecule has 234 valence electrons. The van der Waals surface area contributed by atoms with Crippen LogP contribution in [0.25, 0.3) is 0 Å². The molecule has 1 aliphatic carbocycles. The molecule has 1 atom stereocenters. The van der Waals surface area contributed by atoms with Crippen LogP contribution in [0.2, 0.25) is 10.0 Å². The first-order valence-corrected chi connectivity index (χ1v) is 15.7. The van der Waals surface area contributed by atoms with Gasteiger partial charge in [0.1, 0.15) is 11.4 Å². The average Bonchev–Trinajstić information content (AvgIpc) is 3.15. The van der Waals surface area contributed by atoms with E-state index in [1.54, 1.807) is 18.2 Å². The number of hydrogen-bond acceptors (Lipinski definition) is 4. The Bertz CT molecular complexity index is 1310. The molecule has 1 aliphatic heterocycles. The molecular formula is C34H47Cl2N5O2. The molecule has 1 heterocycles. The van der Waals surface area contributed by atoms with Crippen LogP contribution in [0.15, 0.2) is 47.5 Å². The number of amides is 2. The van der Waals surface area contributed by atoms with Gasteiger partial charge in [0.25, 0.3) is 5.91 Å². The Morgan fingerprint density at radius 3 is 2.07 bits per heavy atom. The topological polar surface area (TPSA) is 126 Å². The van der Waals surface area contributed by atoms with Crippen molar-refractivity contribution in [3.8, 4) is 0 Å². The van der Waals surface area contributed by atoms with Crippen LogP contribution in [0.1, 0.15) is 103 Å². The monoisotopic (exact) mass is 627 g/mol. The van der Waals surface area contributed by atoms with Gasteiger partial charge < -0.3 is 16.4 Å². The van der Waals surface area contributed by atoms with E-state index in [4.69, 9.17) is 44.1 Å². The lowest BCUT2D eigenvalue weighted by Crippen LogP contribution is -2.51. The number of nitrogens with one attached hydrogen (secondary N) is 1. The van der Waals surface area contributed by atoms with Crippen LogP contribution >= 0.6 is 23.2 Å². The fourth-order valence-corrected chi connectivity index (χ4v) is 6.84. The van der Waals surface area contributed by atoms with Gasteiger partial charge in [-0.05, 0) is 84.6 Å². The van der Waals surface area contributed by atoms with Crippen molar-refractivity contribution in [2.45, 2.75) is 98.2 Å². The minimum atomic E-state index is -0.608. The SMILES string of the molecule is CC(C)(C)CCC(c1ccc(CC(=N)N)cc1)N1C(=O)C(c2cc(Cl)cc(Cl)c2)=NC12CCC(C(C)(C)C)CC2.NC=O. The van der Waals surface area contributed by atoms with Crippen molar-refractivity contribution in [1.29, 1.82) is 5.41 Å². The highest BCUT2D eigenvalue weighted by Gasteiger charge is 2.52. The van der Waals surface area contributed by atoms with E-state index in [1.807, 2.05) is 12.1 Å². The molecule has 0 radical (unpaired) electrons. The Morgan fingerprint density at radius 1 is 1.07 bits per heavy atom. The largest absolute Gasteiger partial charge is 0.387 e. The smallest absolute Gasteiger partial charge is 0.275 e. The van der Waals surface area contributed by atoms with E-state index in [9.17, 15) is 4.79 Å². The normalized spacial score (nSPS) is 21.2. The number of carbonyl (C=O) groups excluding carboxylic acids is 2. The van der Waals surface area contributed by atoms with E-state index in [1.165, 1.54) is 0 Å². The minimum absolute atomic E-state index is 0.0562. The number of amidine groups is 1. The third kappa shape index (κ3) is 8.82. The molecule has 5 N–H and O–H groups in total. The van der Waals surface area contributed by atoms with Gasteiger partial charge in [0.05, 0.1) is 11.9 Å². The molecule has 43 heavy (non-hydrogen) atoms. The third-order valence-electron chi connectivity index (χ3n) is 8.58. The fraction of sp³-hybridized carbons (Fsp3) is 0.529. The second-order valence-electron chi connectivity index (χ2n) is 14.1. The summed E-state index contributed by atoms with van der Waals surface area (Å²) in [5.74, 6) is 0.660. The first-order chi connectivity index (χ1) is 20.0. The second kappa shape index (κ2) is 13.8. The van der Waals surface area contributed by atoms with Crippen LogP contribution in [0.5, 0.6) is 0 Å². The molecule has 2 aliphatic rings. The highest BCUT2D eigenvalue weighted by Crippen LogP contribution is 2.50. The first kappa shape index (κ1) is 34.6. The molecule has 9 heteroatoms. The van der Waals surface area contributed by atoms with Crippen LogP contribution in [-0.2, 0) is 16.0 Å². The molecule has 1 unspecified atom stereocenters. The maximum Gasteiger partial charge on any atom is 0.275 e. The van der Waals surface area contributed by atoms with Crippen molar-refractivity contribution in [2.24, 2.45) is 33.2 Å². The summed E-state index contributed by atoms with van der Waals surface area (Å²) < 4.78 is 0. The second-order valence-corrected chi connectivity index (χ2v) is 15.0. The molecule has 7 nitrogen and oxygen atoms in total. The Morgan fingerprint density at radius 2 is 1.60 bits per heavy atom. The lowest BCUT2D eigenvalue weighted by Gasteiger charge is -2.47. The molecule has 1 fully saturated rings. The van der Waals surface area contributed by atoms with Crippen molar-refractivity contribution >= 4 is 47.1 Å². The minimum Gasteiger partial charge on any atom is -0.387 e. The number of hydrogen-bond donors (Lipinski definition) is 3. The van der Waals surface area contributed by atoms with Gasteiger partial charge in [-0.3, -0.25) is 20.0 Å². The number of carbonyl (C=O) groups is 2. The van der Waals surface area contributed by atoms with Crippen LogP contribution in [0, 0.1) is 22.2 Å². The van der Waals surface area contributed by atoms with Gasteiger partial charge in [0.15, 0.2) is 0 Å². The summed E-state index contributed by atoms with van der Waals surface area (Å²) in [5.41, 5.74) is 12.7. The third-order valence-corrected chi connectivity index (χ3v) is 9.01. The molecule has 0 bridgehead atoms. The summed E-state index contributed by atoms with van der Waals surface area (Å²) in [6, 6.07) is 13.4. The molecular weight excluding hydrogens is 581 g/mol. The number of benzene rings is 2. The quantitative estimate of drug-likeness (QED) is 0.165. The number of nitrogens with zero attached hydrogens (tertiary/aromatic N) is 2.